The van der Waals surface area contributed by atoms with Gasteiger partial charge in [0.1, 0.15) is 0 Å². The minimum atomic E-state index is 0.237. The second-order valence-electron chi connectivity index (χ2n) is 4.43. The molecule has 0 aromatic heterocycles. The van der Waals surface area contributed by atoms with Gasteiger partial charge in [-0.15, -0.1) is 0 Å². The summed E-state index contributed by atoms with van der Waals surface area (Å²) in [5.74, 6) is 0.237. The van der Waals surface area contributed by atoms with E-state index in [0.717, 1.165) is 13.1 Å². The van der Waals surface area contributed by atoms with Gasteiger partial charge in [-0.1, -0.05) is 13.8 Å². The highest BCUT2D eigenvalue weighted by molar-refractivity contribution is 5.73. The van der Waals surface area contributed by atoms with Crippen molar-refractivity contribution in [2.45, 2.75) is 40.0 Å². The number of piperidine rings is 1. The molecule has 1 spiro atoms. The van der Waals surface area contributed by atoms with Crippen molar-refractivity contribution < 1.29 is 4.79 Å². The third kappa shape index (κ3) is 2.94. The molecule has 2 heterocycles. The van der Waals surface area contributed by atoms with Crippen molar-refractivity contribution in [1.29, 1.82) is 0 Å². The van der Waals surface area contributed by atoms with Gasteiger partial charge in [0.2, 0.25) is 5.91 Å². The first-order valence-corrected chi connectivity index (χ1v) is 6.18. The maximum atomic E-state index is 11.1. The largest absolute Gasteiger partial charge is 0.343 e. The molecule has 3 heteroatoms. The summed E-state index contributed by atoms with van der Waals surface area (Å²) in [6, 6.07) is 0. The van der Waals surface area contributed by atoms with E-state index in [4.69, 9.17) is 0 Å². The van der Waals surface area contributed by atoms with E-state index >= 15 is 0 Å². The van der Waals surface area contributed by atoms with Crippen molar-refractivity contribution in [2.75, 3.05) is 26.2 Å². The van der Waals surface area contributed by atoms with Crippen molar-refractivity contribution >= 4 is 5.91 Å². The second-order valence-corrected chi connectivity index (χ2v) is 4.43. The van der Waals surface area contributed by atoms with Crippen LogP contribution in [-0.2, 0) is 4.79 Å². The van der Waals surface area contributed by atoms with E-state index in [0.29, 0.717) is 5.41 Å². The normalized spacial score (nSPS) is 23.5. The van der Waals surface area contributed by atoms with Crippen molar-refractivity contribution in [2.24, 2.45) is 5.41 Å². The van der Waals surface area contributed by atoms with E-state index < -0.39 is 0 Å². The molecule has 0 aromatic carbocycles. The zero-order valence-electron chi connectivity index (χ0n) is 10.3. The summed E-state index contributed by atoms with van der Waals surface area (Å²) < 4.78 is 0. The molecule has 2 aliphatic rings. The number of likely N-dealkylation sites (tertiary alicyclic amines) is 1. The summed E-state index contributed by atoms with van der Waals surface area (Å²) in [5.41, 5.74) is 0.534. The van der Waals surface area contributed by atoms with E-state index in [-0.39, 0.29) is 5.91 Å². The molecule has 2 rings (SSSR count). The number of hydrogen-bond donors (Lipinski definition) is 1. The van der Waals surface area contributed by atoms with Gasteiger partial charge in [-0.3, -0.25) is 4.79 Å². The summed E-state index contributed by atoms with van der Waals surface area (Å²) in [6.07, 6.45) is 3.69. The summed E-state index contributed by atoms with van der Waals surface area (Å²) in [5, 5.41) is 3.42. The molecule has 15 heavy (non-hydrogen) atoms. The number of rotatable bonds is 0. The van der Waals surface area contributed by atoms with Crippen molar-refractivity contribution in [3.63, 3.8) is 0 Å². The summed E-state index contributed by atoms with van der Waals surface area (Å²) in [7, 11) is 0. The van der Waals surface area contributed by atoms with Crippen LogP contribution < -0.4 is 5.32 Å². The van der Waals surface area contributed by atoms with Crippen LogP contribution >= 0.6 is 0 Å². The molecule has 2 aliphatic heterocycles. The molecule has 0 unspecified atom stereocenters. The molecule has 1 N–H and O–H groups in total. The maximum absolute atomic E-state index is 11.1. The van der Waals surface area contributed by atoms with Gasteiger partial charge in [0.25, 0.3) is 0 Å². The van der Waals surface area contributed by atoms with Gasteiger partial charge < -0.3 is 10.2 Å². The van der Waals surface area contributed by atoms with Crippen LogP contribution in [0.15, 0.2) is 0 Å². The van der Waals surface area contributed by atoms with Crippen LogP contribution in [0.25, 0.3) is 0 Å². The fourth-order valence-electron chi connectivity index (χ4n) is 2.52. The predicted molar refractivity (Wildman–Crippen MR) is 62.8 cm³/mol. The predicted octanol–water partition coefficient (Wildman–Crippen LogP) is 1.63. The quantitative estimate of drug-likeness (QED) is 0.662. The summed E-state index contributed by atoms with van der Waals surface area (Å²) in [6.45, 7) is 9.94. The number of carbonyl (C=O) groups is 1. The minimum absolute atomic E-state index is 0.237. The highest BCUT2D eigenvalue weighted by atomic mass is 16.2. The van der Waals surface area contributed by atoms with Crippen molar-refractivity contribution in [3.05, 3.63) is 0 Å². The first-order valence-electron chi connectivity index (χ1n) is 6.18. The summed E-state index contributed by atoms with van der Waals surface area (Å²) >= 11 is 0. The topological polar surface area (TPSA) is 32.3 Å². The number of nitrogens with one attached hydrogen (secondary N) is 1. The third-order valence-corrected chi connectivity index (χ3v) is 3.60. The zero-order valence-corrected chi connectivity index (χ0v) is 10.3. The lowest BCUT2D eigenvalue weighted by atomic mass is 9.78. The van der Waals surface area contributed by atoms with Crippen LogP contribution in [0.3, 0.4) is 0 Å². The molecule has 0 atom stereocenters. The molecular formula is C12H24N2O. The van der Waals surface area contributed by atoms with E-state index in [1.54, 1.807) is 6.92 Å². The lowest BCUT2D eigenvalue weighted by molar-refractivity contribution is -0.130. The molecule has 0 bridgehead atoms. The number of amides is 1. The van der Waals surface area contributed by atoms with Gasteiger partial charge in [-0.25, -0.2) is 0 Å². The first-order chi connectivity index (χ1) is 7.22. The monoisotopic (exact) mass is 212 g/mol. The Labute approximate surface area is 93.2 Å². The molecule has 88 valence electrons. The molecule has 0 saturated carbocycles. The van der Waals surface area contributed by atoms with Crippen LogP contribution in [0.5, 0.6) is 0 Å². The fraction of sp³-hybridized carbons (Fsp3) is 0.917. The molecule has 0 aliphatic carbocycles. The third-order valence-electron chi connectivity index (χ3n) is 3.60. The second kappa shape index (κ2) is 5.50. The summed E-state index contributed by atoms with van der Waals surface area (Å²) in [4.78, 5) is 13.1. The Morgan fingerprint density at radius 2 is 1.80 bits per heavy atom. The minimum Gasteiger partial charge on any atom is -0.343 e. The highest BCUT2D eigenvalue weighted by Gasteiger charge is 2.37. The molecule has 3 nitrogen and oxygen atoms in total. The van der Waals surface area contributed by atoms with E-state index in [1.165, 1.54) is 32.4 Å². The van der Waals surface area contributed by atoms with Crippen molar-refractivity contribution in [3.8, 4) is 0 Å². The average Bonchev–Trinajstić information content (AvgIpc) is 2.70. The lowest BCUT2D eigenvalue weighted by Crippen LogP contribution is -2.43. The smallest absolute Gasteiger partial charge is 0.219 e. The molecule has 2 saturated heterocycles. The van der Waals surface area contributed by atoms with Crippen LogP contribution in [0.1, 0.15) is 40.0 Å². The van der Waals surface area contributed by atoms with Gasteiger partial charge in [0, 0.05) is 26.6 Å². The Morgan fingerprint density at radius 3 is 2.20 bits per heavy atom. The molecule has 1 amide bonds. The maximum Gasteiger partial charge on any atom is 0.219 e. The van der Waals surface area contributed by atoms with E-state index in [2.05, 4.69) is 5.32 Å². The van der Waals surface area contributed by atoms with Gasteiger partial charge >= 0.3 is 0 Å². The van der Waals surface area contributed by atoms with Gasteiger partial charge in [0.15, 0.2) is 0 Å². The highest BCUT2D eigenvalue weighted by Crippen LogP contribution is 2.36. The zero-order chi connectivity index (χ0) is 11.3. The van der Waals surface area contributed by atoms with Crippen molar-refractivity contribution in [1.82, 2.24) is 10.2 Å². The average molecular weight is 212 g/mol. The number of nitrogens with zero attached hydrogens (tertiary/aromatic N) is 1. The van der Waals surface area contributed by atoms with Crippen LogP contribution in [0.4, 0.5) is 0 Å². The lowest BCUT2D eigenvalue weighted by Gasteiger charge is -2.38. The Bertz CT molecular complexity index is 200. The Morgan fingerprint density at radius 1 is 1.20 bits per heavy atom. The SMILES string of the molecule is CC.CC(=O)N1CCC2(CCNC2)CC1. The number of hydrogen-bond acceptors (Lipinski definition) is 2. The van der Waals surface area contributed by atoms with E-state index in [1.807, 2.05) is 18.7 Å². The molecule has 0 radical (unpaired) electrons. The standard InChI is InChI=1S/C10H18N2O.C2H6/c1-9(13)12-6-3-10(4-7-12)2-5-11-8-10;1-2/h11H,2-8H2,1H3;1-2H3. The van der Waals surface area contributed by atoms with Gasteiger partial charge in [0.05, 0.1) is 0 Å². The van der Waals surface area contributed by atoms with Crippen LogP contribution in [0.2, 0.25) is 0 Å². The van der Waals surface area contributed by atoms with Gasteiger partial charge in [-0.05, 0) is 31.2 Å². The Kier molecular flexibility index (Phi) is 4.58. The molecule has 2 fully saturated rings. The van der Waals surface area contributed by atoms with Crippen LogP contribution in [-0.4, -0.2) is 37.0 Å². The first kappa shape index (κ1) is 12.5. The number of carbonyl (C=O) groups excluding carboxylic acids is 1. The van der Waals surface area contributed by atoms with E-state index in [9.17, 15) is 4.79 Å². The fourth-order valence-corrected chi connectivity index (χ4v) is 2.52. The Hall–Kier alpha value is -0.570. The molecular weight excluding hydrogens is 188 g/mol. The van der Waals surface area contributed by atoms with Gasteiger partial charge in [-0.2, -0.15) is 0 Å². The van der Waals surface area contributed by atoms with Crippen LogP contribution in [0, 0.1) is 5.41 Å². The molecule has 0 aromatic rings. The Balaban J connectivity index is 0.000000531.